The van der Waals surface area contributed by atoms with Crippen molar-refractivity contribution in [3.05, 3.63) is 0 Å². The summed E-state index contributed by atoms with van der Waals surface area (Å²) in [7, 11) is -3.23. The Labute approximate surface area is 75.5 Å². The summed E-state index contributed by atoms with van der Waals surface area (Å²) in [6.45, 7) is 1.46. The van der Waals surface area contributed by atoms with E-state index in [9.17, 15) is 8.42 Å². The molecule has 1 rings (SSSR count). The quantitative estimate of drug-likeness (QED) is 0.682. The van der Waals surface area contributed by atoms with Gasteiger partial charge in [-0.05, 0) is 17.4 Å². The van der Waals surface area contributed by atoms with Crippen LogP contribution in [0, 0.1) is 0 Å². The Kier molecular flexibility index (Phi) is 2.21. The van der Waals surface area contributed by atoms with Gasteiger partial charge in [0.2, 0.25) is 0 Å². The molecule has 0 spiro atoms. The van der Waals surface area contributed by atoms with Gasteiger partial charge >= 0.3 is 0 Å². The maximum Gasteiger partial charge on any atom is 0.254 e. The third-order valence-corrected chi connectivity index (χ3v) is 3.97. The van der Waals surface area contributed by atoms with Gasteiger partial charge in [0.1, 0.15) is 5.25 Å². The summed E-state index contributed by atoms with van der Waals surface area (Å²) >= 11 is 3.97. The van der Waals surface area contributed by atoms with E-state index in [-0.39, 0.29) is 0 Å². The molecule has 1 atom stereocenters. The molecule has 1 unspecified atom stereocenters. The van der Waals surface area contributed by atoms with Gasteiger partial charge < -0.3 is 0 Å². The first-order valence-electron chi connectivity index (χ1n) is 3.11. The Morgan fingerprint density at radius 3 is 2.08 bits per heavy atom. The van der Waals surface area contributed by atoms with Crippen LogP contribution in [0.5, 0.6) is 0 Å². The molecule has 0 aromatic carbocycles. The van der Waals surface area contributed by atoms with E-state index in [1.54, 1.807) is 0 Å². The molecular weight excluding hydrogens is 200 g/mol. The van der Waals surface area contributed by atoms with Crippen molar-refractivity contribution in [2.45, 2.75) is 17.2 Å². The smallest absolute Gasteiger partial charge is 0.229 e. The van der Waals surface area contributed by atoms with Gasteiger partial charge in [0.25, 0.3) is 4.99 Å². The molecule has 1 heterocycles. The van der Waals surface area contributed by atoms with Crippen molar-refractivity contribution in [1.29, 1.82) is 0 Å². The first-order valence-corrected chi connectivity index (χ1v) is 5.52. The van der Waals surface area contributed by atoms with Crippen molar-refractivity contribution < 1.29 is 8.42 Å². The molecule has 0 aromatic heterocycles. The average Bonchev–Trinajstić information content (AvgIpc) is 2.34. The highest BCUT2D eigenvalue weighted by Crippen LogP contribution is 2.31. The molecule has 6 nitrogen and oxygen atoms in total. The topological polar surface area (TPSA) is 83.6 Å². The average molecular weight is 208 g/mol. The predicted molar refractivity (Wildman–Crippen MR) is 45.7 cm³/mol. The van der Waals surface area contributed by atoms with Crippen molar-refractivity contribution in [2.75, 3.05) is 6.26 Å². The van der Waals surface area contributed by atoms with E-state index in [2.05, 4.69) is 33.3 Å². The van der Waals surface area contributed by atoms with Crippen molar-refractivity contribution in [2.24, 2.45) is 20.7 Å². The summed E-state index contributed by atoms with van der Waals surface area (Å²) in [6.07, 6.45) is 1.10. The Bertz CT molecular complexity index is 321. The minimum absolute atomic E-state index is 0.830. The van der Waals surface area contributed by atoms with Crippen LogP contribution in [0.2, 0.25) is 0 Å². The fourth-order valence-corrected chi connectivity index (χ4v) is 1.96. The van der Waals surface area contributed by atoms with Crippen molar-refractivity contribution in [3.63, 3.8) is 0 Å². The Morgan fingerprint density at radius 2 is 1.75 bits per heavy atom. The third kappa shape index (κ3) is 1.63. The highest BCUT2D eigenvalue weighted by atomic mass is 32.2. The van der Waals surface area contributed by atoms with Crippen molar-refractivity contribution in [1.82, 2.24) is 0 Å². The largest absolute Gasteiger partial charge is 0.254 e. The Balaban J connectivity index is 2.99. The second kappa shape index (κ2) is 2.77. The number of nitrogens with zero attached hydrogens (tertiary/aromatic N) is 4. The van der Waals surface area contributed by atoms with Crippen LogP contribution in [-0.2, 0) is 9.84 Å². The van der Waals surface area contributed by atoms with E-state index in [4.69, 9.17) is 0 Å². The predicted octanol–water partition coefficient (Wildman–Crippen LogP) is 0.836. The van der Waals surface area contributed by atoms with Gasteiger partial charge in [-0.1, -0.05) is 0 Å². The maximum atomic E-state index is 11.1. The van der Waals surface area contributed by atoms with E-state index in [1.165, 1.54) is 6.92 Å². The number of rotatable bonds is 2. The van der Waals surface area contributed by atoms with Gasteiger partial charge in [0, 0.05) is 6.26 Å². The number of hydrogen-bond acceptors (Lipinski definition) is 7. The van der Waals surface area contributed by atoms with Crippen LogP contribution >= 0.6 is 12.6 Å². The van der Waals surface area contributed by atoms with Crippen LogP contribution in [0.25, 0.3) is 0 Å². The van der Waals surface area contributed by atoms with E-state index < -0.39 is 20.1 Å². The molecule has 0 saturated carbocycles. The fraction of sp³-hybridized carbons (Fsp3) is 1.00. The lowest BCUT2D eigenvalue weighted by atomic mass is 10.4. The van der Waals surface area contributed by atoms with Crippen LogP contribution in [0.15, 0.2) is 20.7 Å². The molecule has 0 saturated heterocycles. The summed E-state index contributed by atoms with van der Waals surface area (Å²) in [5, 5.41) is 12.6. The number of sulfone groups is 1. The van der Waals surface area contributed by atoms with Crippen LogP contribution in [0.1, 0.15) is 6.92 Å². The van der Waals surface area contributed by atoms with Crippen LogP contribution in [0.4, 0.5) is 0 Å². The lowest BCUT2D eigenvalue weighted by Gasteiger charge is -2.18. The monoisotopic (exact) mass is 208 g/mol. The molecule has 0 aromatic rings. The zero-order chi connectivity index (χ0) is 9.41. The summed E-state index contributed by atoms with van der Waals surface area (Å²) in [5.41, 5.74) is 0. The standard InChI is InChI=1S/C4H8N4O2S2/c1-3(12(2,9)10)4(11)5-7-8-6-4/h3,11H,1-2H3. The second-order valence-electron chi connectivity index (χ2n) is 2.54. The van der Waals surface area contributed by atoms with Gasteiger partial charge in [-0.15, -0.1) is 22.9 Å². The zero-order valence-electron chi connectivity index (χ0n) is 6.54. The van der Waals surface area contributed by atoms with E-state index in [1.807, 2.05) is 0 Å². The van der Waals surface area contributed by atoms with Crippen LogP contribution in [0.3, 0.4) is 0 Å². The molecular formula is C4H8N4O2S2. The first-order chi connectivity index (χ1) is 5.36. The maximum absolute atomic E-state index is 11.1. The summed E-state index contributed by atoms with van der Waals surface area (Å²) in [6, 6.07) is 0. The number of thiol groups is 1. The van der Waals surface area contributed by atoms with Gasteiger partial charge in [-0.2, -0.15) is 0 Å². The SMILES string of the molecule is CC(C1(S)N=NN=N1)S(C)(=O)=O. The van der Waals surface area contributed by atoms with Crippen LogP contribution in [-0.4, -0.2) is 24.9 Å². The molecule has 0 aliphatic carbocycles. The molecule has 8 heteroatoms. The normalized spacial score (nSPS) is 22.9. The van der Waals surface area contributed by atoms with Crippen molar-refractivity contribution >= 4 is 22.5 Å². The van der Waals surface area contributed by atoms with Crippen LogP contribution < -0.4 is 0 Å². The third-order valence-electron chi connectivity index (χ3n) is 1.61. The highest BCUT2D eigenvalue weighted by molar-refractivity contribution is 7.92. The zero-order valence-corrected chi connectivity index (χ0v) is 8.25. The Hall–Kier alpha value is -0.500. The minimum Gasteiger partial charge on any atom is -0.229 e. The Morgan fingerprint density at radius 1 is 1.33 bits per heavy atom. The molecule has 12 heavy (non-hydrogen) atoms. The molecule has 0 amide bonds. The van der Waals surface area contributed by atoms with Gasteiger partial charge in [-0.25, -0.2) is 8.42 Å². The minimum atomic E-state index is -3.23. The molecule has 68 valence electrons. The van der Waals surface area contributed by atoms with Gasteiger partial charge in [0.05, 0.1) is 0 Å². The lowest BCUT2D eigenvalue weighted by molar-refractivity contribution is 0.552. The van der Waals surface area contributed by atoms with Crippen molar-refractivity contribution in [3.8, 4) is 0 Å². The molecule has 0 fully saturated rings. The molecule has 0 N–H and O–H groups in total. The summed E-state index contributed by atoms with van der Waals surface area (Å²) in [5.74, 6) is 0. The highest BCUT2D eigenvalue weighted by Gasteiger charge is 2.41. The molecule has 0 radical (unpaired) electrons. The van der Waals surface area contributed by atoms with Gasteiger partial charge in [0.15, 0.2) is 9.84 Å². The lowest BCUT2D eigenvalue weighted by Crippen LogP contribution is -2.35. The van der Waals surface area contributed by atoms with E-state index in [0.29, 0.717) is 0 Å². The van der Waals surface area contributed by atoms with E-state index in [0.717, 1.165) is 6.26 Å². The summed E-state index contributed by atoms with van der Waals surface area (Å²) in [4.78, 5) is -1.34. The molecule has 1 aliphatic heterocycles. The summed E-state index contributed by atoms with van der Waals surface area (Å²) < 4.78 is 22.1. The number of hydrogen-bond donors (Lipinski definition) is 1. The first kappa shape index (κ1) is 9.59. The molecule has 0 bridgehead atoms. The second-order valence-corrected chi connectivity index (χ2v) is 5.56. The van der Waals surface area contributed by atoms with E-state index >= 15 is 0 Å². The van der Waals surface area contributed by atoms with Gasteiger partial charge in [-0.3, -0.25) is 0 Å². The fourth-order valence-electron chi connectivity index (χ4n) is 0.641. The molecule has 1 aliphatic rings.